The zero-order chi connectivity index (χ0) is 24.9. The van der Waals surface area contributed by atoms with Gasteiger partial charge in [0.2, 0.25) is 0 Å². The predicted molar refractivity (Wildman–Crippen MR) is 135 cm³/mol. The van der Waals surface area contributed by atoms with Gasteiger partial charge in [-0.3, -0.25) is 0 Å². The Hall–Kier alpha value is -3.20. The zero-order valence-corrected chi connectivity index (χ0v) is 20.9. The molecule has 1 N–H and O–H groups in total. The van der Waals surface area contributed by atoms with Crippen LogP contribution in [-0.2, 0) is 16.1 Å². The lowest BCUT2D eigenvalue weighted by Gasteiger charge is -2.55. The number of halogens is 1. The van der Waals surface area contributed by atoms with E-state index in [1.54, 1.807) is 6.07 Å². The van der Waals surface area contributed by atoms with Gasteiger partial charge in [-0.2, -0.15) is 0 Å². The summed E-state index contributed by atoms with van der Waals surface area (Å²) in [5, 5.41) is 3.86. The number of thiazole rings is 1. The normalized spacial score (nSPS) is 26.6. The smallest absolute Gasteiger partial charge is 0.407 e. The van der Waals surface area contributed by atoms with E-state index < -0.39 is 11.8 Å². The molecule has 1 aliphatic carbocycles. The molecule has 188 valence electrons. The van der Waals surface area contributed by atoms with Crippen LogP contribution in [-0.4, -0.2) is 42.3 Å². The van der Waals surface area contributed by atoms with Crippen molar-refractivity contribution in [2.75, 3.05) is 12.0 Å². The van der Waals surface area contributed by atoms with Crippen LogP contribution in [0.4, 0.5) is 14.3 Å². The molecule has 3 aromatic rings. The average Bonchev–Trinajstić information content (AvgIpc) is 3.40. The van der Waals surface area contributed by atoms with Crippen molar-refractivity contribution in [3.8, 4) is 0 Å². The Morgan fingerprint density at radius 2 is 1.86 bits per heavy atom. The van der Waals surface area contributed by atoms with E-state index >= 15 is 0 Å². The molecule has 3 heterocycles. The largest absolute Gasteiger partial charge is 0.465 e. The molecule has 2 saturated heterocycles. The van der Waals surface area contributed by atoms with Crippen molar-refractivity contribution in [1.29, 1.82) is 0 Å². The van der Waals surface area contributed by atoms with E-state index in [9.17, 15) is 14.0 Å². The second kappa shape index (κ2) is 9.03. The fraction of sp³-hybridized carbons (Fsp3) is 0.444. The van der Waals surface area contributed by atoms with Crippen molar-refractivity contribution in [1.82, 2.24) is 10.3 Å². The highest BCUT2D eigenvalue weighted by atomic mass is 32.1. The summed E-state index contributed by atoms with van der Waals surface area (Å²) in [5.74, 6) is -1.05. The molecule has 1 spiro atoms. The van der Waals surface area contributed by atoms with Crippen LogP contribution >= 0.6 is 11.3 Å². The molecule has 1 amide bonds. The maximum Gasteiger partial charge on any atom is 0.407 e. The number of amides is 1. The van der Waals surface area contributed by atoms with Gasteiger partial charge in [-0.25, -0.2) is 19.0 Å². The molecule has 7 nitrogen and oxygen atoms in total. The highest BCUT2D eigenvalue weighted by Crippen LogP contribution is 2.57. The molecule has 1 saturated carbocycles. The quantitative estimate of drug-likeness (QED) is 0.462. The van der Waals surface area contributed by atoms with Crippen molar-refractivity contribution < 1.29 is 23.5 Å². The third kappa shape index (κ3) is 4.19. The number of ether oxygens (including phenoxy) is 2. The molecule has 9 heteroatoms. The molecule has 36 heavy (non-hydrogen) atoms. The Kier molecular flexibility index (Phi) is 5.82. The summed E-state index contributed by atoms with van der Waals surface area (Å²) in [6.45, 7) is 0.271. The van der Waals surface area contributed by atoms with Gasteiger partial charge in [0, 0.05) is 18.1 Å². The summed E-state index contributed by atoms with van der Waals surface area (Å²) in [6.07, 6.45) is 5.85. The summed E-state index contributed by atoms with van der Waals surface area (Å²) in [7, 11) is 1.29. The van der Waals surface area contributed by atoms with Crippen LogP contribution in [0, 0.1) is 11.2 Å². The van der Waals surface area contributed by atoms with Crippen LogP contribution in [0.2, 0.25) is 0 Å². The number of rotatable bonds is 5. The first-order valence-corrected chi connectivity index (χ1v) is 13.2. The Balaban J connectivity index is 1.09. The lowest BCUT2D eigenvalue weighted by Crippen LogP contribution is -2.58. The van der Waals surface area contributed by atoms with Gasteiger partial charge in [0.1, 0.15) is 12.1 Å². The number of aromatic nitrogens is 1. The van der Waals surface area contributed by atoms with Crippen molar-refractivity contribution in [3.05, 3.63) is 59.4 Å². The number of benzene rings is 2. The lowest BCUT2D eigenvalue weighted by atomic mass is 9.58. The van der Waals surface area contributed by atoms with Gasteiger partial charge in [-0.1, -0.05) is 41.7 Å². The van der Waals surface area contributed by atoms with Gasteiger partial charge in [0.05, 0.1) is 17.4 Å². The number of hydrogen-bond acceptors (Lipinski definition) is 7. The second-order valence-electron chi connectivity index (χ2n) is 10.3. The lowest BCUT2D eigenvalue weighted by molar-refractivity contribution is 0.0322. The molecular weight excluding hydrogens is 481 g/mol. The van der Waals surface area contributed by atoms with Gasteiger partial charge in [0.15, 0.2) is 10.9 Å². The molecule has 6 rings (SSSR count). The number of nitrogens with zero attached hydrogens (tertiary/aromatic N) is 2. The minimum atomic E-state index is -0.553. The molecule has 2 atom stereocenters. The van der Waals surface area contributed by atoms with Crippen molar-refractivity contribution in [3.63, 3.8) is 0 Å². The zero-order valence-electron chi connectivity index (χ0n) is 20.0. The third-order valence-corrected chi connectivity index (χ3v) is 8.95. The van der Waals surface area contributed by atoms with Gasteiger partial charge >= 0.3 is 12.1 Å². The molecule has 1 aromatic heterocycles. The minimum Gasteiger partial charge on any atom is -0.465 e. The predicted octanol–water partition coefficient (Wildman–Crippen LogP) is 5.43. The Morgan fingerprint density at radius 3 is 2.56 bits per heavy atom. The van der Waals surface area contributed by atoms with Crippen LogP contribution < -0.4 is 10.2 Å². The number of nitrogens with one attached hydrogen (secondary N) is 1. The number of carbonyl (C=O) groups excluding carboxylic acids is 2. The SMILES string of the molecule is COC(=O)c1cc(F)c2nc(N3[C@@H]4CC[C@H]3CC3(CC(NC(=O)OCc5ccccc5)C3)C4)sc2c1. The number of piperidine rings is 1. The summed E-state index contributed by atoms with van der Waals surface area (Å²) in [6, 6.07) is 13.4. The van der Waals surface area contributed by atoms with E-state index in [0.717, 1.165) is 49.2 Å². The van der Waals surface area contributed by atoms with E-state index in [0.29, 0.717) is 22.3 Å². The fourth-order valence-corrected chi connectivity index (χ4v) is 7.60. The molecular formula is C27H28FN3O4S. The van der Waals surface area contributed by atoms with E-state index in [4.69, 9.17) is 9.47 Å². The van der Waals surface area contributed by atoms with Crippen LogP contribution in [0.25, 0.3) is 10.2 Å². The molecule has 2 aromatic carbocycles. The summed E-state index contributed by atoms with van der Waals surface area (Å²) < 4.78 is 25.5. The van der Waals surface area contributed by atoms with Crippen LogP contribution in [0.5, 0.6) is 0 Å². The highest BCUT2D eigenvalue weighted by Gasteiger charge is 2.54. The summed E-state index contributed by atoms with van der Waals surface area (Å²) >= 11 is 1.44. The Labute approximate surface area is 212 Å². The Morgan fingerprint density at radius 1 is 1.14 bits per heavy atom. The highest BCUT2D eigenvalue weighted by molar-refractivity contribution is 7.22. The maximum absolute atomic E-state index is 14.7. The number of alkyl carbamates (subject to hydrolysis) is 1. The molecule has 3 fully saturated rings. The summed E-state index contributed by atoms with van der Waals surface area (Å²) in [5.41, 5.74) is 1.72. The van der Waals surface area contributed by atoms with Crippen molar-refractivity contribution in [2.24, 2.45) is 5.41 Å². The monoisotopic (exact) mass is 509 g/mol. The van der Waals surface area contributed by atoms with Gasteiger partial charge in [-0.05, 0) is 61.6 Å². The number of carbonyl (C=O) groups is 2. The second-order valence-corrected chi connectivity index (χ2v) is 11.3. The van der Waals surface area contributed by atoms with E-state index in [-0.39, 0.29) is 29.7 Å². The molecule has 3 aliphatic rings. The molecule has 0 unspecified atom stereocenters. The average molecular weight is 510 g/mol. The number of esters is 1. The molecule has 2 aliphatic heterocycles. The van der Waals surface area contributed by atoms with E-state index in [1.807, 2.05) is 30.3 Å². The first-order chi connectivity index (χ1) is 17.4. The van der Waals surface area contributed by atoms with E-state index in [2.05, 4.69) is 15.2 Å². The van der Waals surface area contributed by atoms with Gasteiger partial charge in [0.25, 0.3) is 0 Å². The number of methoxy groups -OCH3 is 1. The molecule has 0 radical (unpaired) electrons. The van der Waals surface area contributed by atoms with Crippen LogP contribution in [0.3, 0.4) is 0 Å². The van der Waals surface area contributed by atoms with E-state index in [1.165, 1.54) is 24.5 Å². The van der Waals surface area contributed by atoms with Crippen molar-refractivity contribution in [2.45, 2.75) is 63.3 Å². The van der Waals surface area contributed by atoms with Crippen LogP contribution in [0.1, 0.15) is 54.4 Å². The molecule has 2 bridgehead atoms. The van der Waals surface area contributed by atoms with Gasteiger partial charge in [-0.15, -0.1) is 0 Å². The fourth-order valence-electron chi connectivity index (χ4n) is 6.43. The minimum absolute atomic E-state index is 0.146. The number of hydrogen-bond donors (Lipinski definition) is 1. The third-order valence-electron chi connectivity index (χ3n) is 7.93. The number of fused-ring (bicyclic) bond motifs is 3. The standard InChI is InChI=1S/C27H28FN3O4S/c1-34-24(32)17-9-21(28)23-22(10-17)36-25(30-23)31-19-7-8-20(31)14-27(13-19)11-18(12-27)29-26(33)35-15-16-5-3-2-4-6-16/h2-6,9-10,18-20H,7-8,11-15H2,1H3,(H,29,33)/t18?,19-,20+,27?. The van der Waals surface area contributed by atoms with Crippen molar-refractivity contribution >= 4 is 38.7 Å². The Bertz CT molecular complexity index is 1290. The van der Waals surface area contributed by atoms with Crippen LogP contribution in [0.15, 0.2) is 42.5 Å². The topological polar surface area (TPSA) is 80.8 Å². The summed E-state index contributed by atoms with van der Waals surface area (Å²) in [4.78, 5) is 31.2. The maximum atomic E-state index is 14.7. The first-order valence-electron chi connectivity index (χ1n) is 12.4. The van der Waals surface area contributed by atoms with Gasteiger partial charge < -0.3 is 19.7 Å². The number of anilines is 1. The first kappa shape index (κ1) is 23.2.